The van der Waals surface area contributed by atoms with E-state index in [1.807, 2.05) is 24.3 Å². The molecule has 168 valence electrons. The summed E-state index contributed by atoms with van der Waals surface area (Å²) in [6, 6.07) is 16.6. The van der Waals surface area contributed by atoms with Gasteiger partial charge >= 0.3 is 0 Å². The van der Waals surface area contributed by atoms with Crippen LogP contribution >= 0.6 is 0 Å². The van der Waals surface area contributed by atoms with Crippen molar-refractivity contribution in [1.29, 1.82) is 0 Å². The Morgan fingerprint density at radius 2 is 1.38 bits per heavy atom. The summed E-state index contributed by atoms with van der Waals surface area (Å²) in [6.07, 6.45) is 2.44. The van der Waals surface area contributed by atoms with Crippen molar-refractivity contribution in [3.8, 4) is 34.0 Å². The van der Waals surface area contributed by atoms with Gasteiger partial charge in [-0.25, -0.2) is 0 Å². The van der Waals surface area contributed by atoms with Crippen molar-refractivity contribution in [2.45, 2.75) is 45.4 Å². The standard InChI is InChI=1S/C26H30N2O4/c1-3-13-28-26(19-7-11-21(12-8-19)30-15-23-17-32-23)24(4-2)25(27-28)18-5-9-20(10-6-18)29-14-22-16-31-22/h5-12,22-23H,3-4,13-17H2,1-2H3. The number of epoxide rings is 2. The Balaban J connectivity index is 1.41. The molecule has 2 aromatic carbocycles. The number of hydrogen-bond donors (Lipinski definition) is 0. The summed E-state index contributed by atoms with van der Waals surface area (Å²) in [4.78, 5) is 0. The van der Waals surface area contributed by atoms with Gasteiger partial charge in [0.05, 0.1) is 24.6 Å². The van der Waals surface area contributed by atoms with Crippen molar-refractivity contribution >= 4 is 0 Å². The average molecular weight is 435 g/mol. The largest absolute Gasteiger partial charge is 0.491 e. The van der Waals surface area contributed by atoms with E-state index in [4.69, 9.17) is 24.0 Å². The molecule has 1 aromatic heterocycles. The van der Waals surface area contributed by atoms with Crippen molar-refractivity contribution in [1.82, 2.24) is 9.78 Å². The number of benzene rings is 2. The van der Waals surface area contributed by atoms with E-state index in [1.54, 1.807) is 0 Å². The summed E-state index contributed by atoms with van der Waals surface area (Å²) < 4.78 is 24.2. The van der Waals surface area contributed by atoms with Crippen molar-refractivity contribution in [3.63, 3.8) is 0 Å². The van der Waals surface area contributed by atoms with Crippen molar-refractivity contribution in [2.24, 2.45) is 0 Å². The molecular formula is C26H30N2O4. The second-order valence-corrected chi connectivity index (χ2v) is 8.33. The van der Waals surface area contributed by atoms with E-state index in [2.05, 4.69) is 42.8 Å². The molecule has 0 aliphatic carbocycles. The minimum Gasteiger partial charge on any atom is -0.491 e. The van der Waals surface area contributed by atoms with Crippen LogP contribution in [0.3, 0.4) is 0 Å². The van der Waals surface area contributed by atoms with Crippen LogP contribution in [0.1, 0.15) is 25.8 Å². The van der Waals surface area contributed by atoms with Gasteiger partial charge in [-0.1, -0.05) is 13.8 Å². The van der Waals surface area contributed by atoms with Gasteiger partial charge in [0.25, 0.3) is 0 Å². The lowest BCUT2D eigenvalue weighted by molar-refractivity contribution is 0.263. The Bertz CT molecular complexity index is 1030. The maximum Gasteiger partial charge on any atom is 0.119 e. The molecule has 0 spiro atoms. The van der Waals surface area contributed by atoms with Crippen molar-refractivity contribution < 1.29 is 18.9 Å². The lowest BCUT2D eigenvalue weighted by Gasteiger charge is -2.10. The topological polar surface area (TPSA) is 61.3 Å². The lowest BCUT2D eigenvalue weighted by atomic mass is 9.99. The SMILES string of the molecule is CCCn1nc(-c2ccc(OCC3CO3)cc2)c(CC)c1-c1ccc(OCC2CO2)cc1. The molecule has 2 aliphatic heterocycles. The zero-order valence-corrected chi connectivity index (χ0v) is 18.8. The first-order valence-electron chi connectivity index (χ1n) is 11.5. The third kappa shape index (κ3) is 4.81. The van der Waals surface area contributed by atoms with Crippen LogP contribution in [0.2, 0.25) is 0 Å². The van der Waals surface area contributed by atoms with E-state index in [0.29, 0.717) is 13.2 Å². The zero-order valence-electron chi connectivity index (χ0n) is 18.8. The fourth-order valence-electron chi connectivity index (χ4n) is 3.89. The van der Waals surface area contributed by atoms with Gasteiger partial charge in [0.15, 0.2) is 0 Å². The number of aryl methyl sites for hydroxylation is 1. The van der Waals surface area contributed by atoms with Crippen LogP contribution in [0, 0.1) is 0 Å². The molecule has 32 heavy (non-hydrogen) atoms. The van der Waals surface area contributed by atoms with Crippen LogP contribution in [-0.2, 0) is 22.4 Å². The van der Waals surface area contributed by atoms with Gasteiger partial charge in [-0.15, -0.1) is 0 Å². The highest BCUT2D eigenvalue weighted by Gasteiger charge is 2.24. The predicted octanol–water partition coefficient (Wildman–Crippen LogP) is 4.74. The fourth-order valence-corrected chi connectivity index (χ4v) is 3.89. The Morgan fingerprint density at radius 3 is 1.84 bits per heavy atom. The molecule has 2 unspecified atom stereocenters. The van der Waals surface area contributed by atoms with Crippen LogP contribution in [0.25, 0.3) is 22.5 Å². The zero-order chi connectivity index (χ0) is 21.9. The highest BCUT2D eigenvalue weighted by molar-refractivity contribution is 5.75. The summed E-state index contributed by atoms with van der Waals surface area (Å²) in [5.41, 5.74) is 5.76. The number of nitrogens with zero attached hydrogens (tertiary/aromatic N) is 2. The molecule has 0 radical (unpaired) electrons. The molecule has 5 rings (SSSR count). The predicted molar refractivity (Wildman–Crippen MR) is 123 cm³/mol. The Kier molecular flexibility index (Phi) is 6.14. The van der Waals surface area contributed by atoms with Crippen molar-refractivity contribution in [3.05, 3.63) is 54.1 Å². The molecule has 0 amide bonds. The lowest BCUT2D eigenvalue weighted by Crippen LogP contribution is -2.04. The van der Waals surface area contributed by atoms with Gasteiger partial charge in [0, 0.05) is 23.2 Å². The van der Waals surface area contributed by atoms with Gasteiger partial charge in [0.2, 0.25) is 0 Å². The quantitative estimate of drug-likeness (QED) is 0.408. The average Bonchev–Trinajstić information content (AvgIpc) is 3.76. The van der Waals surface area contributed by atoms with E-state index in [-0.39, 0.29) is 12.2 Å². The Labute approximate surface area is 189 Å². The summed E-state index contributed by atoms with van der Waals surface area (Å²) in [5, 5.41) is 5.03. The maximum atomic E-state index is 5.81. The number of rotatable bonds is 11. The summed E-state index contributed by atoms with van der Waals surface area (Å²) in [5.74, 6) is 1.74. The monoisotopic (exact) mass is 434 g/mol. The van der Waals surface area contributed by atoms with Crippen LogP contribution in [0.5, 0.6) is 11.5 Å². The van der Waals surface area contributed by atoms with Gasteiger partial charge < -0.3 is 18.9 Å². The van der Waals surface area contributed by atoms with E-state index in [1.165, 1.54) is 11.3 Å². The van der Waals surface area contributed by atoms with Crippen LogP contribution in [-0.4, -0.2) is 48.4 Å². The minimum absolute atomic E-state index is 0.257. The Hall–Kier alpha value is -2.83. The molecule has 6 heteroatoms. The minimum atomic E-state index is 0.257. The Morgan fingerprint density at radius 1 is 0.844 bits per heavy atom. The molecule has 0 saturated carbocycles. The first kappa shape index (κ1) is 21.0. The third-order valence-corrected chi connectivity index (χ3v) is 5.77. The molecule has 3 heterocycles. The highest BCUT2D eigenvalue weighted by atomic mass is 16.6. The summed E-state index contributed by atoms with van der Waals surface area (Å²) in [6.45, 7) is 8.09. The summed E-state index contributed by atoms with van der Waals surface area (Å²) in [7, 11) is 0. The normalized spacial score (nSPS) is 19.1. The molecule has 2 aliphatic rings. The molecule has 0 N–H and O–H groups in total. The van der Waals surface area contributed by atoms with Gasteiger partial charge in [0.1, 0.15) is 36.9 Å². The molecular weight excluding hydrogens is 404 g/mol. The fraction of sp³-hybridized carbons (Fsp3) is 0.423. The van der Waals surface area contributed by atoms with E-state index in [9.17, 15) is 0 Å². The first-order valence-corrected chi connectivity index (χ1v) is 11.5. The number of hydrogen-bond acceptors (Lipinski definition) is 5. The molecule has 2 atom stereocenters. The van der Waals surface area contributed by atoms with E-state index >= 15 is 0 Å². The number of ether oxygens (including phenoxy) is 4. The van der Waals surface area contributed by atoms with Gasteiger partial charge in [-0.3, -0.25) is 4.68 Å². The van der Waals surface area contributed by atoms with Crippen LogP contribution in [0.4, 0.5) is 0 Å². The van der Waals surface area contributed by atoms with Gasteiger partial charge in [-0.2, -0.15) is 5.10 Å². The first-order chi connectivity index (χ1) is 15.7. The van der Waals surface area contributed by atoms with E-state index < -0.39 is 0 Å². The van der Waals surface area contributed by atoms with Crippen molar-refractivity contribution in [2.75, 3.05) is 26.4 Å². The maximum absolute atomic E-state index is 5.81. The second-order valence-electron chi connectivity index (χ2n) is 8.33. The third-order valence-electron chi connectivity index (χ3n) is 5.77. The van der Waals surface area contributed by atoms with E-state index in [0.717, 1.165) is 60.9 Å². The van der Waals surface area contributed by atoms with Crippen LogP contribution < -0.4 is 9.47 Å². The van der Waals surface area contributed by atoms with Crippen LogP contribution in [0.15, 0.2) is 48.5 Å². The molecule has 6 nitrogen and oxygen atoms in total. The second kappa shape index (κ2) is 9.35. The molecule has 3 aromatic rings. The smallest absolute Gasteiger partial charge is 0.119 e. The number of aromatic nitrogens is 2. The highest BCUT2D eigenvalue weighted by Crippen LogP contribution is 2.34. The molecule has 2 saturated heterocycles. The van der Waals surface area contributed by atoms with Gasteiger partial charge in [-0.05, 0) is 61.4 Å². The molecule has 2 fully saturated rings. The summed E-state index contributed by atoms with van der Waals surface area (Å²) >= 11 is 0. The molecule has 0 bridgehead atoms.